The lowest BCUT2D eigenvalue weighted by atomic mass is 9.93. The first-order chi connectivity index (χ1) is 22.3. The molecule has 4 aromatic rings. The normalized spacial score (nSPS) is 33.4. The number of nitrogens with zero attached hydrogens (tertiary/aromatic N) is 5. The number of fused-ring (bicyclic) bond motifs is 2. The average molecular weight is 623 g/mol. The van der Waals surface area contributed by atoms with Crippen molar-refractivity contribution in [3.63, 3.8) is 0 Å². The van der Waals surface area contributed by atoms with Crippen molar-refractivity contribution < 1.29 is 23.4 Å². The number of ether oxygens (including phenoxy) is 2. The molecule has 2 aromatic carbocycles. The van der Waals surface area contributed by atoms with Gasteiger partial charge in [0.2, 0.25) is 5.88 Å². The summed E-state index contributed by atoms with van der Waals surface area (Å²) < 4.78 is 44.7. The molecule has 5 saturated heterocycles. The van der Waals surface area contributed by atoms with Crippen LogP contribution < -0.4 is 19.7 Å². The van der Waals surface area contributed by atoms with Crippen LogP contribution in [0.25, 0.3) is 32.9 Å². The number of hydrogen-bond donors (Lipinski definition) is 2. The zero-order chi connectivity index (χ0) is 31.1. The zero-order valence-electron chi connectivity index (χ0n) is 25.3. The molecule has 6 fully saturated rings. The molecular formula is C35H32F2N6O3. The number of hydrogen-bond acceptors (Lipinski definition) is 9. The number of aromatic hydroxyl groups is 1. The molecule has 0 amide bonds. The maximum absolute atomic E-state index is 17.1. The second-order valence-electron chi connectivity index (χ2n) is 14.0. The zero-order valence-corrected chi connectivity index (χ0v) is 25.3. The molecule has 7 atom stereocenters. The van der Waals surface area contributed by atoms with E-state index in [0.717, 1.165) is 25.8 Å². The number of aromatic nitrogens is 3. The summed E-state index contributed by atoms with van der Waals surface area (Å²) in [7, 11) is 0. The van der Waals surface area contributed by atoms with Crippen molar-refractivity contribution in [3.05, 3.63) is 41.7 Å². The number of piperidine rings is 2. The van der Waals surface area contributed by atoms with Crippen LogP contribution in [-0.4, -0.2) is 86.6 Å². The van der Waals surface area contributed by atoms with Crippen LogP contribution in [0.3, 0.4) is 0 Å². The predicted molar refractivity (Wildman–Crippen MR) is 167 cm³/mol. The molecule has 4 bridgehead atoms. The van der Waals surface area contributed by atoms with Crippen LogP contribution in [0, 0.1) is 24.1 Å². The van der Waals surface area contributed by atoms with E-state index in [1.54, 1.807) is 18.2 Å². The van der Waals surface area contributed by atoms with E-state index in [-0.39, 0.29) is 53.1 Å². The lowest BCUT2D eigenvalue weighted by molar-refractivity contribution is 0.107. The summed E-state index contributed by atoms with van der Waals surface area (Å²) in [4.78, 5) is 18.9. The second-order valence-corrected chi connectivity index (χ2v) is 14.0. The molecule has 1 spiro atoms. The largest absolute Gasteiger partial charge is 0.508 e. The number of pyridine rings is 1. The standard InChI is InChI=1S/C35H32F2N6O3/c1-3-18-6-4-7-19-10-22(44)12-23(25(18)19)28-27(37)29-26-31(41-33(40-29)45-16-34-8-5-9-42(34)14-20(36)13-34)43-15-21-11-24-30(38-21)35(24,43)17(2)46-32(26)39-28/h1,4,6-7,10,12,17,20-21,24,30,38,44H,5,8-9,11,13-16H2,2H3/t17-,20+,21+,24?,30-,34-,35?/m0/s1. The summed E-state index contributed by atoms with van der Waals surface area (Å²) in [6.45, 7) is 4.20. The van der Waals surface area contributed by atoms with Crippen molar-refractivity contribution in [2.24, 2.45) is 5.92 Å². The quantitative estimate of drug-likeness (QED) is 0.323. The Morgan fingerprint density at radius 1 is 1.22 bits per heavy atom. The molecule has 11 heteroatoms. The van der Waals surface area contributed by atoms with Gasteiger partial charge in [0.15, 0.2) is 5.82 Å². The fraction of sp³-hybridized carbons (Fsp3) is 0.457. The van der Waals surface area contributed by atoms with Crippen LogP contribution in [0.15, 0.2) is 30.3 Å². The number of nitrogens with one attached hydrogen (secondary N) is 1. The van der Waals surface area contributed by atoms with Gasteiger partial charge in [0.1, 0.15) is 47.0 Å². The molecule has 1 aliphatic carbocycles. The summed E-state index contributed by atoms with van der Waals surface area (Å²) >= 11 is 0. The van der Waals surface area contributed by atoms with Gasteiger partial charge in [0, 0.05) is 54.0 Å². The molecule has 2 aromatic heterocycles. The van der Waals surface area contributed by atoms with Crippen LogP contribution >= 0.6 is 0 Å². The maximum Gasteiger partial charge on any atom is 0.319 e. The van der Waals surface area contributed by atoms with Gasteiger partial charge in [0.25, 0.3) is 0 Å². The molecule has 46 heavy (non-hydrogen) atoms. The molecule has 8 heterocycles. The second kappa shape index (κ2) is 8.96. The van der Waals surface area contributed by atoms with Crippen LogP contribution in [-0.2, 0) is 0 Å². The van der Waals surface area contributed by atoms with Crippen molar-refractivity contribution in [3.8, 4) is 41.2 Å². The third-order valence-corrected chi connectivity index (χ3v) is 11.7. The van der Waals surface area contributed by atoms with E-state index in [4.69, 9.17) is 25.9 Å². The van der Waals surface area contributed by atoms with Gasteiger partial charge in [-0.1, -0.05) is 18.1 Å². The molecule has 234 valence electrons. The summed E-state index contributed by atoms with van der Waals surface area (Å²) in [6.07, 6.45) is 7.96. The highest BCUT2D eigenvalue weighted by Gasteiger charge is 2.78. The summed E-state index contributed by atoms with van der Waals surface area (Å²) in [5.41, 5.74) is 0.116. The number of piperazine rings is 1. The Kier molecular flexibility index (Phi) is 5.24. The highest BCUT2D eigenvalue weighted by molar-refractivity contribution is 6.04. The first-order valence-electron chi connectivity index (χ1n) is 16.2. The monoisotopic (exact) mass is 622 g/mol. The maximum atomic E-state index is 17.1. The summed E-state index contributed by atoms with van der Waals surface area (Å²) in [6, 6.07) is 9.04. The number of benzene rings is 2. The Hall–Kier alpha value is -4.27. The van der Waals surface area contributed by atoms with E-state index >= 15 is 4.39 Å². The Morgan fingerprint density at radius 3 is 2.93 bits per heavy atom. The number of phenols is 1. The summed E-state index contributed by atoms with van der Waals surface area (Å²) in [5.74, 6) is 3.12. The van der Waals surface area contributed by atoms with E-state index in [1.165, 1.54) is 6.07 Å². The van der Waals surface area contributed by atoms with Gasteiger partial charge < -0.3 is 24.8 Å². The minimum atomic E-state index is -0.900. The molecule has 2 unspecified atom stereocenters. The van der Waals surface area contributed by atoms with Crippen molar-refractivity contribution in [1.29, 1.82) is 0 Å². The van der Waals surface area contributed by atoms with E-state index < -0.39 is 17.5 Å². The molecule has 2 N–H and O–H groups in total. The Morgan fingerprint density at radius 2 is 2.11 bits per heavy atom. The minimum Gasteiger partial charge on any atom is -0.508 e. The lowest BCUT2D eigenvalue weighted by Crippen LogP contribution is -2.63. The molecular weight excluding hydrogens is 590 g/mol. The number of alkyl halides is 1. The van der Waals surface area contributed by atoms with Gasteiger partial charge in [0.05, 0.1) is 11.1 Å². The number of terminal acetylenes is 1. The Bertz CT molecular complexity index is 2040. The van der Waals surface area contributed by atoms with Crippen LogP contribution in [0.1, 0.15) is 38.2 Å². The van der Waals surface area contributed by atoms with Crippen LogP contribution in [0.4, 0.5) is 14.6 Å². The highest BCUT2D eigenvalue weighted by atomic mass is 19.1. The van der Waals surface area contributed by atoms with E-state index in [1.807, 2.05) is 13.0 Å². The van der Waals surface area contributed by atoms with Gasteiger partial charge in [-0.2, -0.15) is 9.97 Å². The van der Waals surface area contributed by atoms with Crippen LogP contribution in [0.5, 0.6) is 17.6 Å². The van der Waals surface area contributed by atoms with Gasteiger partial charge in [-0.3, -0.25) is 4.90 Å². The molecule has 6 aliphatic heterocycles. The minimum absolute atomic E-state index is 0.0268. The topological polar surface area (TPSA) is 95.9 Å². The van der Waals surface area contributed by atoms with Gasteiger partial charge in [-0.15, -0.1) is 6.42 Å². The Balaban J connectivity index is 1.19. The van der Waals surface area contributed by atoms with E-state index in [9.17, 15) is 9.50 Å². The smallest absolute Gasteiger partial charge is 0.319 e. The van der Waals surface area contributed by atoms with E-state index in [2.05, 4.69) is 26.0 Å². The molecule has 1 saturated carbocycles. The van der Waals surface area contributed by atoms with Gasteiger partial charge in [-0.25, -0.2) is 13.8 Å². The lowest BCUT2D eigenvalue weighted by Gasteiger charge is -2.45. The predicted octanol–water partition coefficient (Wildman–Crippen LogP) is 4.33. The highest BCUT2D eigenvalue weighted by Crippen LogP contribution is 2.64. The first kappa shape index (κ1) is 26.9. The first-order valence-corrected chi connectivity index (χ1v) is 16.2. The van der Waals surface area contributed by atoms with Crippen molar-refractivity contribution in [1.82, 2.24) is 25.2 Å². The molecule has 7 aliphatic rings. The van der Waals surface area contributed by atoms with Gasteiger partial charge >= 0.3 is 6.01 Å². The van der Waals surface area contributed by atoms with Crippen LogP contribution in [0.2, 0.25) is 0 Å². The number of halogens is 2. The number of rotatable bonds is 4. The summed E-state index contributed by atoms with van der Waals surface area (Å²) in [5, 5.41) is 16.1. The van der Waals surface area contributed by atoms with Crippen molar-refractivity contribution >= 4 is 27.5 Å². The number of anilines is 1. The fourth-order valence-electron chi connectivity index (χ4n) is 9.84. The Labute approximate surface area is 263 Å². The third-order valence-electron chi connectivity index (χ3n) is 11.7. The van der Waals surface area contributed by atoms with Crippen molar-refractivity contribution in [2.75, 3.05) is 31.1 Å². The van der Waals surface area contributed by atoms with Crippen molar-refractivity contribution in [2.45, 2.75) is 68.0 Å². The fourth-order valence-corrected chi connectivity index (χ4v) is 9.84. The van der Waals surface area contributed by atoms with Gasteiger partial charge in [-0.05, 0) is 56.3 Å². The third kappa shape index (κ3) is 3.33. The molecule has 9 nitrogen and oxygen atoms in total. The average Bonchev–Trinajstić information content (AvgIpc) is 3.26. The molecule has 0 radical (unpaired) electrons. The number of phenolic OH excluding ortho intramolecular Hbond substituents is 1. The molecule has 11 rings (SSSR count). The SMILES string of the molecule is C#Cc1cccc2cc(O)cc(-c3nc4c5c(nc(OC[C@@]67CCCN6C[C@H](F)C7)nc5c3F)N3C[C@H]5CC6[C@H](N5)C63[C@H](C)O4)c12. The van der Waals surface area contributed by atoms with E-state index in [0.29, 0.717) is 64.6 Å².